The lowest BCUT2D eigenvalue weighted by Crippen LogP contribution is -2.30. The van der Waals surface area contributed by atoms with Crippen LogP contribution in [0, 0.1) is 0 Å². The molecule has 146 valence electrons. The molecule has 1 aliphatic rings. The monoisotopic (exact) mass is 389 g/mol. The highest BCUT2D eigenvalue weighted by atomic mass is 16.5. The zero-order chi connectivity index (χ0) is 19.6. The zero-order valence-electron chi connectivity index (χ0n) is 15.6. The third kappa shape index (κ3) is 3.54. The molecule has 0 aliphatic carbocycles. The Morgan fingerprint density at radius 1 is 0.931 bits per heavy atom. The van der Waals surface area contributed by atoms with Crippen molar-refractivity contribution in [3.63, 3.8) is 0 Å². The van der Waals surface area contributed by atoms with Crippen LogP contribution in [0.1, 0.15) is 6.42 Å². The van der Waals surface area contributed by atoms with Gasteiger partial charge in [-0.1, -0.05) is 0 Å². The van der Waals surface area contributed by atoms with Crippen molar-refractivity contribution in [2.24, 2.45) is 0 Å². The predicted octanol–water partition coefficient (Wildman–Crippen LogP) is 3.77. The molecule has 3 heterocycles. The molecule has 0 atom stereocenters. The van der Waals surface area contributed by atoms with Crippen LogP contribution in [0.3, 0.4) is 0 Å². The fourth-order valence-electron chi connectivity index (χ4n) is 3.41. The lowest BCUT2D eigenvalue weighted by atomic mass is 10.0. The van der Waals surface area contributed by atoms with Gasteiger partial charge in [0.1, 0.15) is 17.2 Å². The van der Waals surface area contributed by atoms with Crippen LogP contribution in [-0.2, 0) is 4.79 Å². The molecule has 4 bridgehead atoms. The fourth-order valence-corrected chi connectivity index (χ4v) is 3.41. The average Bonchev–Trinajstić information content (AvgIpc) is 3.41. The van der Waals surface area contributed by atoms with Gasteiger partial charge in [-0.05, 0) is 54.4 Å². The number of hydrogen-bond acceptors (Lipinski definition) is 5. The van der Waals surface area contributed by atoms with Crippen molar-refractivity contribution in [2.45, 2.75) is 6.42 Å². The van der Waals surface area contributed by atoms with Gasteiger partial charge in [-0.2, -0.15) is 5.10 Å². The standard InChI is InChI=1S/C22H19N3O4/c26-21-13-29-18-9-15(14-4-7-27-12-14)8-16(10-18)22-19-11-17(28-6-1-5-23-21)2-3-20(19)24-25-22/h2-4,7-12H,1,5-6,13H2,(H,23,26)(H,24,25). The van der Waals surface area contributed by atoms with Crippen LogP contribution in [-0.4, -0.2) is 35.9 Å². The Balaban J connectivity index is 1.66. The summed E-state index contributed by atoms with van der Waals surface area (Å²) in [6.45, 7) is 0.985. The van der Waals surface area contributed by atoms with Crippen LogP contribution in [0.5, 0.6) is 11.5 Å². The summed E-state index contributed by atoms with van der Waals surface area (Å²) < 4.78 is 16.9. The van der Waals surface area contributed by atoms with Crippen molar-refractivity contribution in [1.82, 2.24) is 15.5 Å². The number of hydrogen-bond donors (Lipinski definition) is 2. The number of H-pyrrole nitrogens is 1. The summed E-state index contributed by atoms with van der Waals surface area (Å²) in [5.41, 5.74) is 4.42. The highest BCUT2D eigenvalue weighted by Gasteiger charge is 2.14. The summed E-state index contributed by atoms with van der Waals surface area (Å²) in [5, 5.41) is 11.4. The Labute approximate surface area is 166 Å². The van der Waals surface area contributed by atoms with Gasteiger partial charge in [0.15, 0.2) is 6.61 Å². The molecule has 0 spiro atoms. The molecule has 2 aromatic carbocycles. The van der Waals surface area contributed by atoms with Crippen LogP contribution >= 0.6 is 0 Å². The van der Waals surface area contributed by atoms with Crippen LogP contribution in [0.15, 0.2) is 59.4 Å². The summed E-state index contributed by atoms with van der Waals surface area (Å²) in [6, 6.07) is 13.5. The molecule has 29 heavy (non-hydrogen) atoms. The Hall–Kier alpha value is -3.74. The molecule has 0 radical (unpaired) electrons. The van der Waals surface area contributed by atoms with Gasteiger partial charge in [-0.15, -0.1) is 0 Å². The Bertz CT molecular complexity index is 1160. The first-order valence-corrected chi connectivity index (χ1v) is 9.45. The van der Waals surface area contributed by atoms with Gasteiger partial charge in [0.25, 0.3) is 5.91 Å². The van der Waals surface area contributed by atoms with Gasteiger partial charge < -0.3 is 19.2 Å². The SMILES string of the molecule is O=C1COc2cc(-c3ccoc3)cc(c2)-c2n[nH]c3ccc(cc23)OCCCN1. The molecule has 0 saturated carbocycles. The molecular weight excluding hydrogens is 370 g/mol. The second-order valence-corrected chi connectivity index (χ2v) is 6.88. The number of ether oxygens (including phenoxy) is 2. The van der Waals surface area contributed by atoms with E-state index < -0.39 is 0 Å². The molecule has 7 heteroatoms. The van der Waals surface area contributed by atoms with E-state index in [-0.39, 0.29) is 12.5 Å². The van der Waals surface area contributed by atoms with Gasteiger partial charge >= 0.3 is 0 Å². The molecule has 0 saturated heterocycles. The van der Waals surface area contributed by atoms with Crippen molar-refractivity contribution in [3.05, 3.63) is 55.0 Å². The normalized spacial score (nSPS) is 14.6. The van der Waals surface area contributed by atoms with Crippen molar-refractivity contribution < 1.29 is 18.7 Å². The van der Waals surface area contributed by atoms with E-state index in [9.17, 15) is 4.79 Å². The van der Waals surface area contributed by atoms with Crippen LogP contribution in [0.2, 0.25) is 0 Å². The smallest absolute Gasteiger partial charge is 0.257 e. The Morgan fingerprint density at radius 3 is 2.76 bits per heavy atom. The average molecular weight is 389 g/mol. The van der Waals surface area contributed by atoms with E-state index in [0.29, 0.717) is 25.3 Å². The van der Waals surface area contributed by atoms with Gasteiger partial charge in [-0.25, -0.2) is 0 Å². The van der Waals surface area contributed by atoms with E-state index in [1.54, 1.807) is 12.5 Å². The summed E-state index contributed by atoms with van der Waals surface area (Å²) >= 11 is 0. The molecule has 1 amide bonds. The number of benzene rings is 2. The molecule has 2 N–H and O–H groups in total. The predicted molar refractivity (Wildman–Crippen MR) is 108 cm³/mol. The quantitative estimate of drug-likeness (QED) is 0.517. The highest BCUT2D eigenvalue weighted by molar-refractivity contribution is 5.94. The van der Waals surface area contributed by atoms with Crippen molar-refractivity contribution >= 4 is 16.8 Å². The number of furan rings is 1. The maximum atomic E-state index is 12.1. The van der Waals surface area contributed by atoms with E-state index in [2.05, 4.69) is 15.5 Å². The molecule has 0 fully saturated rings. The lowest BCUT2D eigenvalue weighted by Gasteiger charge is -2.10. The number of rotatable bonds is 1. The van der Waals surface area contributed by atoms with Crippen molar-refractivity contribution in [2.75, 3.05) is 19.8 Å². The minimum absolute atomic E-state index is 0.0567. The molecule has 1 aliphatic heterocycles. The lowest BCUT2D eigenvalue weighted by molar-refractivity contribution is -0.123. The maximum absolute atomic E-state index is 12.1. The number of aromatic nitrogens is 2. The van der Waals surface area contributed by atoms with E-state index in [1.165, 1.54) is 0 Å². The first-order chi connectivity index (χ1) is 14.3. The van der Waals surface area contributed by atoms with Crippen LogP contribution < -0.4 is 14.8 Å². The highest BCUT2D eigenvalue weighted by Crippen LogP contribution is 2.35. The summed E-state index contributed by atoms with van der Waals surface area (Å²) in [4.78, 5) is 12.1. The van der Waals surface area contributed by atoms with Crippen molar-refractivity contribution in [1.29, 1.82) is 0 Å². The second-order valence-electron chi connectivity index (χ2n) is 6.88. The minimum Gasteiger partial charge on any atom is -0.494 e. The van der Waals surface area contributed by atoms with E-state index in [1.807, 2.05) is 42.5 Å². The number of fused-ring (bicyclic) bond motifs is 4. The van der Waals surface area contributed by atoms with Gasteiger partial charge in [0.2, 0.25) is 0 Å². The zero-order valence-corrected chi connectivity index (χ0v) is 15.6. The second kappa shape index (κ2) is 7.35. The summed E-state index contributed by atoms with van der Waals surface area (Å²) in [6.07, 6.45) is 4.01. The van der Waals surface area contributed by atoms with Gasteiger partial charge in [0.05, 0.1) is 24.6 Å². The first kappa shape index (κ1) is 17.4. The van der Waals surface area contributed by atoms with E-state index in [4.69, 9.17) is 13.9 Å². The molecule has 4 aromatic rings. The third-order valence-electron chi connectivity index (χ3n) is 4.85. The van der Waals surface area contributed by atoms with Gasteiger partial charge in [0, 0.05) is 23.1 Å². The maximum Gasteiger partial charge on any atom is 0.257 e. The summed E-state index contributed by atoms with van der Waals surface area (Å²) in [7, 11) is 0. The number of carbonyl (C=O) groups is 1. The van der Waals surface area contributed by atoms with E-state index in [0.717, 1.165) is 39.0 Å². The fraction of sp³-hybridized carbons (Fsp3) is 0.182. The molecule has 2 aromatic heterocycles. The topological polar surface area (TPSA) is 89.4 Å². The number of nitrogens with zero attached hydrogens (tertiary/aromatic N) is 1. The van der Waals surface area contributed by atoms with E-state index >= 15 is 0 Å². The molecule has 0 unspecified atom stereocenters. The van der Waals surface area contributed by atoms with Crippen molar-refractivity contribution in [3.8, 4) is 33.9 Å². The van der Waals surface area contributed by atoms with Crippen LogP contribution in [0.25, 0.3) is 33.3 Å². The van der Waals surface area contributed by atoms with Crippen LogP contribution in [0.4, 0.5) is 0 Å². The minimum atomic E-state index is -0.169. The third-order valence-corrected chi connectivity index (χ3v) is 4.85. The first-order valence-electron chi connectivity index (χ1n) is 9.45. The van der Waals surface area contributed by atoms with Gasteiger partial charge in [-0.3, -0.25) is 9.89 Å². The summed E-state index contributed by atoms with van der Waals surface area (Å²) in [5.74, 6) is 1.19. The largest absolute Gasteiger partial charge is 0.494 e. The molecule has 5 rings (SSSR count). The molecule has 7 nitrogen and oxygen atoms in total. The number of amides is 1. The number of carbonyl (C=O) groups excluding carboxylic acids is 1. The Morgan fingerprint density at radius 2 is 1.86 bits per heavy atom. The Kier molecular flexibility index (Phi) is 4.40. The number of aromatic amines is 1. The molecular formula is C22H19N3O4. The number of nitrogens with one attached hydrogen (secondary N) is 2.